The Morgan fingerprint density at radius 1 is 1.41 bits per heavy atom. The maximum absolute atomic E-state index is 11.1. The molecular formula is C13H15NO2S. The van der Waals surface area contributed by atoms with Crippen LogP contribution in [0.4, 0.5) is 0 Å². The summed E-state index contributed by atoms with van der Waals surface area (Å²) < 4.78 is 4.84. The van der Waals surface area contributed by atoms with Crippen LogP contribution in [0, 0.1) is 11.3 Å². The quantitative estimate of drug-likeness (QED) is 0.574. The second kappa shape index (κ2) is 7.75. The van der Waals surface area contributed by atoms with Crippen molar-refractivity contribution < 1.29 is 9.53 Å². The fourth-order valence-electron chi connectivity index (χ4n) is 1.25. The molecule has 0 fully saturated rings. The van der Waals surface area contributed by atoms with Crippen molar-refractivity contribution in [3.63, 3.8) is 0 Å². The molecule has 0 atom stereocenters. The van der Waals surface area contributed by atoms with Crippen molar-refractivity contribution in [2.75, 3.05) is 12.4 Å². The Kier molecular flexibility index (Phi) is 6.19. The first-order valence-corrected chi connectivity index (χ1v) is 6.64. The third-order valence-corrected chi connectivity index (χ3v) is 3.14. The van der Waals surface area contributed by atoms with Gasteiger partial charge in [-0.2, -0.15) is 17.0 Å². The number of carbonyl (C=O) groups is 1. The highest BCUT2D eigenvalue weighted by molar-refractivity contribution is 7.98. The van der Waals surface area contributed by atoms with Crippen molar-refractivity contribution in [3.05, 3.63) is 35.4 Å². The second-order valence-electron chi connectivity index (χ2n) is 3.42. The van der Waals surface area contributed by atoms with E-state index in [9.17, 15) is 4.79 Å². The molecule has 0 heterocycles. The average molecular weight is 249 g/mol. The van der Waals surface area contributed by atoms with Crippen LogP contribution in [-0.4, -0.2) is 18.3 Å². The summed E-state index contributed by atoms with van der Waals surface area (Å²) in [4.78, 5) is 11.1. The van der Waals surface area contributed by atoms with Gasteiger partial charge in [-0.15, -0.1) is 0 Å². The Balaban J connectivity index is 2.22. The zero-order valence-electron chi connectivity index (χ0n) is 9.81. The third kappa shape index (κ3) is 5.41. The molecular weight excluding hydrogens is 234 g/mol. The lowest BCUT2D eigenvalue weighted by Crippen LogP contribution is -2.04. The van der Waals surface area contributed by atoms with Gasteiger partial charge in [0.15, 0.2) is 0 Å². The highest BCUT2D eigenvalue weighted by atomic mass is 32.2. The zero-order valence-corrected chi connectivity index (χ0v) is 10.6. The molecule has 17 heavy (non-hydrogen) atoms. The first kappa shape index (κ1) is 13.6. The van der Waals surface area contributed by atoms with Crippen molar-refractivity contribution in [1.29, 1.82) is 5.26 Å². The van der Waals surface area contributed by atoms with E-state index in [4.69, 9.17) is 10.00 Å². The van der Waals surface area contributed by atoms with E-state index in [0.717, 1.165) is 17.1 Å². The molecule has 1 aromatic carbocycles. The fraction of sp³-hybridized carbons (Fsp3) is 0.385. The lowest BCUT2D eigenvalue weighted by atomic mass is 10.2. The minimum Gasteiger partial charge on any atom is -0.466 e. The van der Waals surface area contributed by atoms with Gasteiger partial charge in [-0.05, 0) is 24.6 Å². The van der Waals surface area contributed by atoms with Crippen LogP contribution in [0.5, 0.6) is 0 Å². The van der Waals surface area contributed by atoms with Gasteiger partial charge in [0, 0.05) is 11.5 Å². The molecule has 0 bridgehead atoms. The van der Waals surface area contributed by atoms with Crippen molar-refractivity contribution >= 4 is 17.7 Å². The number of carbonyl (C=O) groups excluding carboxylic acids is 1. The third-order valence-electron chi connectivity index (χ3n) is 2.11. The molecule has 0 N–H and O–H groups in total. The van der Waals surface area contributed by atoms with Crippen LogP contribution >= 0.6 is 11.8 Å². The molecule has 0 saturated heterocycles. The number of ether oxygens (including phenoxy) is 1. The molecule has 1 rings (SSSR count). The molecule has 4 heteroatoms. The van der Waals surface area contributed by atoms with Crippen LogP contribution in [0.3, 0.4) is 0 Å². The van der Waals surface area contributed by atoms with Crippen LogP contribution in [0.2, 0.25) is 0 Å². The molecule has 0 aliphatic carbocycles. The van der Waals surface area contributed by atoms with Crippen molar-refractivity contribution in [3.8, 4) is 6.07 Å². The van der Waals surface area contributed by atoms with E-state index in [1.165, 1.54) is 0 Å². The highest BCUT2D eigenvalue weighted by Gasteiger charge is 2.01. The van der Waals surface area contributed by atoms with Gasteiger partial charge < -0.3 is 4.74 Å². The topological polar surface area (TPSA) is 50.1 Å². The van der Waals surface area contributed by atoms with Gasteiger partial charge >= 0.3 is 5.97 Å². The van der Waals surface area contributed by atoms with Crippen LogP contribution in [-0.2, 0) is 15.3 Å². The summed E-state index contributed by atoms with van der Waals surface area (Å²) in [5.41, 5.74) is 1.84. The van der Waals surface area contributed by atoms with E-state index in [1.54, 1.807) is 23.9 Å². The van der Waals surface area contributed by atoms with E-state index in [-0.39, 0.29) is 5.97 Å². The van der Waals surface area contributed by atoms with Gasteiger partial charge in [-0.1, -0.05) is 12.1 Å². The predicted molar refractivity (Wildman–Crippen MR) is 68.6 cm³/mol. The predicted octanol–water partition coefficient (Wildman–Crippen LogP) is 2.74. The Morgan fingerprint density at radius 3 is 2.71 bits per heavy atom. The van der Waals surface area contributed by atoms with Gasteiger partial charge in [0.1, 0.15) is 0 Å². The minimum absolute atomic E-state index is 0.139. The van der Waals surface area contributed by atoms with Crippen molar-refractivity contribution in [1.82, 2.24) is 0 Å². The Morgan fingerprint density at radius 2 is 2.12 bits per heavy atom. The molecule has 0 spiro atoms. The second-order valence-corrected chi connectivity index (χ2v) is 4.52. The van der Waals surface area contributed by atoms with Gasteiger partial charge in [0.2, 0.25) is 0 Å². The molecule has 0 amide bonds. The largest absolute Gasteiger partial charge is 0.466 e. The van der Waals surface area contributed by atoms with E-state index in [0.29, 0.717) is 18.6 Å². The van der Waals surface area contributed by atoms with Crippen LogP contribution in [0.15, 0.2) is 24.3 Å². The molecule has 0 unspecified atom stereocenters. The maximum atomic E-state index is 11.1. The first-order chi connectivity index (χ1) is 8.26. The summed E-state index contributed by atoms with van der Waals surface area (Å²) in [6.45, 7) is 2.25. The molecule has 0 aliphatic heterocycles. The standard InChI is InChI=1S/C13H15NO2S/c1-2-16-13(15)7-8-17-10-12-5-3-11(9-14)4-6-12/h3-6H,2,7-8,10H2,1H3. The smallest absolute Gasteiger partial charge is 0.306 e. The summed E-state index contributed by atoms with van der Waals surface area (Å²) in [7, 11) is 0. The summed E-state index contributed by atoms with van der Waals surface area (Å²) in [6.07, 6.45) is 0.453. The number of benzene rings is 1. The van der Waals surface area contributed by atoms with Gasteiger partial charge in [-0.3, -0.25) is 4.79 Å². The number of hydrogen-bond acceptors (Lipinski definition) is 4. The van der Waals surface area contributed by atoms with E-state index in [1.807, 2.05) is 19.1 Å². The van der Waals surface area contributed by atoms with E-state index in [2.05, 4.69) is 6.07 Å². The van der Waals surface area contributed by atoms with Gasteiger partial charge in [0.05, 0.1) is 24.7 Å². The minimum atomic E-state index is -0.139. The molecule has 90 valence electrons. The van der Waals surface area contributed by atoms with Crippen molar-refractivity contribution in [2.45, 2.75) is 19.1 Å². The fourth-order valence-corrected chi connectivity index (χ4v) is 2.14. The first-order valence-electron chi connectivity index (χ1n) is 5.48. The Hall–Kier alpha value is -1.47. The van der Waals surface area contributed by atoms with Crippen LogP contribution in [0.25, 0.3) is 0 Å². The van der Waals surface area contributed by atoms with E-state index < -0.39 is 0 Å². The zero-order chi connectivity index (χ0) is 12.5. The lowest BCUT2D eigenvalue weighted by Gasteiger charge is -2.02. The highest BCUT2D eigenvalue weighted by Crippen LogP contribution is 2.14. The number of nitrogens with zero attached hydrogens (tertiary/aromatic N) is 1. The molecule has 0 aliphatic rings. The van der Waals surface area contributed by atoms with Crippen LogP contribution in [0.1, 0.15) is 24.5 Å². The SMILES string of the molecule is CCOC(=O)CCSCc1ccc(C#N)cc1. The number of thioether (sulfide) groups is 1. The molecule has 0 aromatic heterocycles. The van der Waals surface area contributed by atoms with E-state index >= 15 is 0 Å². The molecule has 0 saturated carbocycles. The number of esters is 1. The Bertz CT molecular complexity index is 395. The average Bonchev–Trinajstić information content (AvgIpc) is 2.36. The summed E-state index contributed by atoms with van der Waals surface area (Å²) in [5.74, 6) is 1.48. The van der Waals surface area contributed by atoms with Crippen molar-refractivity contribution in [2.24, 2.45) is 0 Å². The Labute approximate surface area is 106 Å². The summed E-state index contributed by atoms with van der Waals surface area (Å²) in [5, 5.41) is 8.65. The lowest BCUT2D eigenvalue weighted by molar-refractivity contribution is -0.142. The monoisotopic (exact) mass is 249 g/mol. The summed E-state index contributed by atoms with van der Waals surface area (Å²) in [6, 6.07) is 9.58. The molecule has 0 radical (unpaired) electrons. The van der Waals surface area contributed by atoms with Gasteiger partial charge in [-0.25, -0.2) is 0 Å². The molecule has 3 nitrogen and oxygen atoms in total. The van der Waals surface area contributed by atoms with Crippen LogP contribution < -0.4 is 0 Å². The number of nitriles is 1. The number of hydrogen-bond donors (Lipinski definition) is 0. The number of rotatable bonds is 6. The normalized spacial score (nSPS) is 9.65. The maximum Gasteiger partial charge on any atom is 0.306 e. The van der Waals surface area contributed by atoms with Gasteiger partial charge in [0.25, 0.3) is 0 Å². The molecule has 1 aromatic rings. The summed E-state index contributed by atoms with van der Waals surface area (Å²) >= 11 is 1.69.